The zero-order valence-electron chi connectivity index (χ0n) is 7.40. The minimum atomic E-state index is 1.15. The summed E-state index contributed by atoms with van der Waals surface area (Å²) < 4.78 is 0. The van der Waals surface area contributed by atoms with Gasteiger partial charge in [0.05, 0.1) is 16.1 Å². The van der Waals surface area contributed by atoms with E-state index >= 15 is 0 Å². The van der Waals surface area contributed by atoms with Gasteiger partial charge in [-0.1, -0.05) is 18.2 Å². The number of fused-ring (bicyclic) bond motifs is 1. The molecule has 0 aliphatic carbocycles. The lowest BCUT2D eigenvalue weighted by Gasteiger charge is -1.87. The summed E-state index contributed by atoms with van der Waals surface area (Å²) in [4.78, 5) is 8.62. The van der Waals surface area contributed by atoms with Gasteiger partial charge in [0.2, 0.25) is 0 Å². The fourth-order valence-corrected chi connectivity index (χ4v) is 2.15. The molecule has 0 saturated heterocycles. The number of benzene rings is 1. The second kappa shape index (κ2) is 2.96. The summed E-state index contributed by atoms with van der Waals surface area (Å²) in [5.74, 6) is 0. The van der Waals surface area contributed by atoms with E-state index in [0.717, 1.165) is 5.69 Å². The van der Waals surface area contributed by atoms with Crippen molar-refractivity contribution in [1.29, 1.82) is 0 Å². The highest BCUT2D eigenvalue weighted by molar-refractivity contribution is 7.13. The molecule has 0 radical (unpaired) electrons. The fourth-order valence-electron chi connectivity index (χ4n) is 1.55. The Morgan fingerprint density at radius 2 is 2.14 bits per heavy atom. The van der Waals surface area contributed by atoms with E-state index in [9.17, 15) is 0 Å². The van der Waals surface area contributed by atoms with Crippen LogP contribution in [0.1, 0.15) is 0 Å². The SMILES string of the molecule is c1ccc2[nH]c(-c3cncs3)cc2c1. The molecule has 3 heteroatoms. The van der Waals surface area contributed by atoms with Gasteiger partial charge in [-0.15, -0.1) is 11.3 Å². The molecule has 0 aliphatic rings. The summed E-state index contributed by atoms with van der Waals surface area (Å²) in [5, 5.41) is 1.25. The van der Waals surface area contributed by atoms with Crippen molar-refractivity contribution < 1.29 is 0 Å². The number of hydrogen-bond acceptors (Lipinski definition) is 2. The number of nitrogens with zero attached hydrogens (tertiary/aromatic N) is 1. The Morgan fingerprint density at radius 1 is 1.21 bits per heavy atom. The number of hydrogen-bond donors (Lipinski definition) is 1. The summed E-state index contributed by atoms with van der Waals surface area (Å²) in [6, 6.07) is 10.4. The number of aromatic nitrogens is 2. The van der Waals surface area contributed by atoms with Gasteiger partial charge < -0.3 is 4.98 Å². The molecule has 1 aromatic carbocycles. The van der Waals surface area contributed by atoms with Crippen LogP contribution in [0, 0.1) is 0 Å². The van der Waals surface area contributed by atoms with Crippen molar-refractivity contribution in [2.75, 3.05) is 0 Å². The zero-order chi connectivity index (χ0) is 9.38. The quantitative estimate of drug-likeness (QED) is 0.641. The van der Waals surface area contributed by atoms with Crippen LogP contribution in [0.3, 0.4) is 0 Å². The molecule has 0 atom stereocenters. The summed E-state index contributed by atoms with van der Waals surface area (Å²) >= 11 is 1.65. The summed E-state index contributed by atoms with van der Waals surface area (Å²) in [6.07, 6.45) is 1.88. The van der Waals surface area contributed by atoms with Crippen molar-refractivity contribution in [2.45, 2.75) is 0 Å². The van der Waals surface area contributed by atoms with E-state index in [2.05, 4.69) is 28.2 Å². The number of nitrogens with one attached hydrogen (secondary N) is 1. The highest BCUT2D eigenvalue weighted by atomic mass is 32.1. The molecule has 1 N–H and O–H groups in total. The molecule has 14 heavy (non-hydrogen) atoms. The molecule has 3 aromatic rings. The van der Waals surface area contributed by atoms with E-state index in [0.29, 0.717) is 0 Å². The van der Waals surface area contributed by atoms with Gasteiger partial charge in [-0.25, -0.2) is 0 Å². The Bertz CT molecular complexity index is 518. The van der Waals surface area contributed by atoms with Crippen LogP contribution in [-0.2, 0) is 0 Å². The molecule has 2 aromatic heterocycles. The van der Waals surface area contributed by atoms with Crippen molar-refractivity contribution in [1.82, 2.24) is 9.97 Å². The molecular formula is C11H8N2S. The first-order chi connectivity index (χ1) is 6.93. The third kappa shape index (κ3) is 1.14. The van der Waals surface area contributed by atoms with Crippen LogP contribution in [-0.4, -0.2) is 9.97 Å². The maximum atomic E-state index is 4.07. The molecule has 0 amide bonds. The van der Waals surface area contributed by atoms with Crippen molar-refractivity contribution in [3.05, 3.63) is 42.0 Å². The van der Waals surface area contributed by atoms with E-state index in [1.807, 2.05) is 23.8 Å². The monoisotopic (exact) mass is 200 g/mol. The number of aromatic amines is 1. The minimum Gasteiger partial charge on any atom is -0.354 e. The molecule has 0 spiro atoms. The highest BCUT2D eigenvalue weighted by Gasteiger charge is 2.03. The second-order valence-corrected chi connectivity index (χ2v) is 4.02. The van der Waals surface area contributed by atoms with Crippen LogP contribution in [0.5, 0.6) is 0 Å². The number of thiazole rings is 1. The van der Waals surface area contributed by atoms with Gasteiger partial charge in [0.25, 0.3) is 0 Å². The lowest BCUT2D eigenvalue weighted by Crippen LogP contribution is -1.68. The van der Waals surface area contributed by atoms with Crippen LogP contribution in [0.4, 0.5) is 0 Å². The van der Waals surface area contributed by atoms with E-state index < -0.39 is 0 Å². The van der Waals surface area contributed by atoms with Gasteiger partial charge in [-0.05, 0) is 12.1 Å². The van der Waals surface area contributed by atoms with Crippen molar-refractivity contribution in [3.63, 3.8) is 0 Å². The van der Waals surface area contributed by atoms with Crippen molar-refractivity contribution >= 4 is 22.2 Å². The van der Waals surface area contributed by atoms with Crippen molar-refractivity contribution in [2.24, 2.45) is 0 Å². The first-order valence-electron chi connectivity index (χ1n) is 4.40. The van der Waals surface area contributed by atoms with E-state index in [1.54, 1.807) is 11.3 Å². The maximum absolute atomic E-state index is 4.07. The predicted molar refractivity (Wildman–Crippen MR) is 59.4 cm³/mol. The first-order valence-corrected chi connectivity index (χ1v) is 5.28. The summed E-state index contributed by atoms with van der Waals surface area (Å²) in [5.41, 5.74) is 4.17. The molecule has 0 bridgehead atoms. The molecule has 0 fully saturated rings. The summed E-state index contributed by atoms with van der Waals surface area (Å²) in [7, 11) is 0. The Labute approximate surface area is 85.2 Å². The largest absolute Gasteiger partial charge is 0.354 e. The van der Waals surface area contributed by atoms with Gasteiger partial charge in [-0.2, -0.15) is 0 Å². The molecule has 3 rings (SSSR count). The molecule has 2 heterocycles. The van der Waals surface area contributed by atoms with E-state index in [1.165, 1.54) is 15.8 Å². The van der Waals surface area contributed by atoms with Crippen LogP contribution in [0.15, 0.2) is 42.0 Å². The average Bonchev–Trinajstić information content (AvgIpc) is 2.86. The maximum Gasteiger partial charge on any atom is 0.0798 e. The third-order valence-electron chi connectivity index (χ3n) is 2.23. The number of H-pyrrole nitrogens is 1. The van der Waals surface area contributed by atoms with Gasteiger partial charge in [0.1, 0.15) is 0 Å². The molecular weight excluding hydrogens is 192 g/mol. The van der Waals surface area contributed by atoms with Crippen molar-refractivity contribution in [3.8, 4) is 10.6 Å². The standard InChI is InChI=1S/C11H8N2S/c1-2-4-9-8(3-1)5-10(13-9)11-6-12-7-14-11/h1-7,13H. The Kier molecular flexibility index (Phi) is 1.64. The third-order valence-corrected chi connectivity index (χ3v) is 3.03. The summed E-state index contributed by atoms with van der Waals surface area (Å²) in [6.45, 7) is 0. The molecule has 0 aliphatic heterocycles. The molecule has 2 nitrogen and oxygen atoms in total. The normalized spacial score (nSPS) is 10.9. The highest BCUT2D eigenvalue weighted by Crippen LogP contribution is 2.26. The van der Waals surface area contributed by atoms with E-state index in [-0.39, 0.29) is 0 Å². The van der Waals surface area contributed by atoms with Crippen LogP contribution >= 0.6 is 11.3 Å². The lowest BCUT2D eigenvalue weighted by molar-refractivity contribution is 1.40. The molecule has 0 unspecified atom stereocenters. The fraction of sp³-hybridized carbons (Fsp3) is 0. The van der Waals surface area contributed by atoms with Gasteiger partial charge in [0, 0.05) is 17.1 Å². The lowest BCUT2D eigenvalue weighted by atomic mass is 10.2. The zero-order valence-corrected chi connectivity index (χ0v) is 8.21. The van der Waals surface area contributed by atoms with Gasteiger partial charge in [-0.3, -0.25) is 4.98 Å². The topological polar surface area (TPSA) is 28.7 Å². The first kappa shape index (κ1) is 7.76. The van der Waals surface area contributed by atoms with Gasteiger partial charge in [0.15, 0.2) is 0 Å². The Balaban J connectivity index is 2.24. The van der Waals surface area contributed by atoms with E-state index in [4.69, 9.17) is 0 Å². The van der Waals surface area contributed by atoms with Gasteiger partial charge >= 0.3 is 0 Å². The minimum absolute atomic E-state index is 1.15. The average molecular weight is 200 g/mol. The Morgan fingerprint density at radius 3 is 2.93 bits per heavy atom. The number of para-hydroxylation sites is 1. The molecule has 0 saturated carbocycles. The Hall–Kier alpha value is -1.61. The second-order valence-electron chi connectivity index (χ2n) is 3.14. The number of rotatable bonds is 1. The van der Waals surface area contributed by atoms with Crippen LogP contribution in [0.2, 0.25) is 0 Å². The smallest absolute Gasteiger partial charge is 0.0798 e. The van der Waals surface area contributed by atoms with Crippen LogP contribution < -0.4 is 0 Å². The van der Waals surface area contributed by atoms with Crippen LogP contribution in [0.25, 0.3) is 21.5 Å². The molecule has 68 valence electrons. The predicted octanol–water partition coefficient (Wildman–Crippen LogP) is 3.29.